The van der Waals surface area contributed by atoms with Crippen molar-refractivity contribution in [1.82, 2.24) is 9.88 Å². The molecule has 0 aliphatic carbocycles. The number of benzene rings is 3. The minimum absolute atomic E-state index is 0.185. The molecule has 1 aromatic heterocycles. The second-order valence-corrected chi connectivity index (χ2v) is 8.32. The highest BCUT2D eigenvalue weighted by Crippen LogP contribution is 2.38. The quantitative estimate of drug-likeness (QED) is 0.417. The molecule has 0 spiro atoms. The highest BCUT2D eigenvalue weighted by molar-refractivity contribution is 5.93. The molecule has 0 saturated heterocycles. The van der Waals surface area contributed by atoms with E-state index in [1.54, 1.807) is 24.3 Å². The van der Waals surface area contributed by atoms with Crippen LogP contribution in [-0.4, -0.2) is 35.5 Å². The van der Waals surface area contributed by atoms with Gasteiger partial charge in [0.2, 0.25) is 0 Å². The molecule has 3 aromatic carbocycles. The Morgan fingerprint density at radius 2 is 1.73 bits per heavy atom. The van der Waals surface area contributed by atoms with E-state index in [0.29, 0.717) is 17.8 Å². The summed E-state index contributed by atoms with van der Waals surface area (Å²) in [5.74, 6) is -0.408. The minimum Gasteiger partial charge on any atom is -0.465 e. The molecule has 1 aliphatic rings. The highest BCUT2D eigenvalue weighted by atomic mass is 16.5. The largest absolute Gasteiger partial charge is 0.465 e. The molecule has 0 saturated carbocycles. The summed E-state index contributed by atoms with van der Waals surface area (Å²) >= 11 is 0. The summed E-state index contributed by atoms with van der Waals surface area (Å²) in [4.78, 5) is 30.6. The molecule has 166 valence electrons. The van der Waals surface area contributed by atoms with E-state index in [1.165, 1.54) is 23.6 Å². The van der Waals surface area contributed by atoms with Crippen LogP contribution in [0, 0.1) is 6.92 Å². The molecule has 0 bridgehead atoms. The lowest BCUT2D eigenvalue weighted by atomic mass is 9.92. The van der Waals surface area contributed by atoms with E-state index in [9.17, 15) is 9.59 Å². The third-order valence-electron chi connectivity index (χ3n) is 6.25. The van der Waals surface area contributed by atoms with Crippen LogP contribution < -0.4 is 5.32 Å². The zero-order valence-corrected chi connectivity index (χ0v) is 18.6. The Morgan fingerprint density at radius 3 is 2.45 bits per heavy atom. The van der Waals surface area contributed by atoms with Crippen molar-refractivity contribution in [3.63, 3.8) is 0 Å². The first-order chi connectivity index (χ1) is 16.0. The molecule has 2 heterocycles. The summed E-state index contributed by atoms with van der Waals surface area (Å²) in [6, 6.07) is 22.9. The number of amides is 2. The van der Waals surface area contributed by atoms with Crippen molar-refractivity contribution in [3.05, 3.63) is 101 Å². The van der Waals surface area contributed by atoms with Crippen molar-refractivity contribution in [3.8, 4) is 0 Å². The SMILES string of the molecule is COC(=O)c1ccc(NC(=O)N2CCc3c([nH]c4ccccc34)[C@H]2c2ccc(C)cc2)cc1. The Bertz CT molecular complexity index is 1320. The summed E-state index contributed by atoms with van der Waals surface area (Å²) in [5.41, 5.74) is 6.70. The van der Waals surface area contributed by atoms with Gasteiger partial charge < -0.3 is 19.9 Å². The van der Waals surface area contributed by atoms with Gasteiger partial charge in [0, 0.05) is 28.8 Å². The normalized spacial score (nSPS) is 15.2. The summed E-state index contributed by atoms with van der Waals surface area (Å²) in [6.45, 7) is 2.65. The van der Waals surface area contributed by atoms with Crippen molar-refractivity contribution in [2.75, 3.05) is 19.0 Å². The Labute approximate surface area is 192 Å². The molecular formula is C27H25N3O3. The standard InChI is InChI=1S/C27H25N3O3/c1-17-7-9-18(10-8-17)25-24-22(21-5-3-4-6-23(21)29-24)15-16-30(25)27(32)28-20-13-11-19(12-14-20)26(31)33-2/h3-14,25,29H,15-16H2,1-2H3,(H,28,32)/t25-/m1/s1. The van der Waals surface area contributed by atoms with Gasteiger partial charge in [0.1, 0.15) is 0 Å². The number of rotatable bonds is 3. The number of H-pyrrole nitrogens is 1. The number of aromatic amines is 1. The number of carbonyl (C=O) groups is 2. The van der Waals surface area contributed by atoms with Crippen LogP contribution in [-0.2, 0) is 11.2 Å². The van der Waals surface area contributed by atoms with Crippen LogP contribution in [0.5, 0.6) is 0 Å². The molecule has 2 amide bonds. The van der Waals surface area contributed by atoms with Crippen molar-refractivity contribution < 1.29 is 14.3 Å². The lowest BCUT2D eigenvalue weighted by Gasteiger charge is -2.36. The number of aromatic nitrogens is 1. The molecule has 6 nitrogen and oxygen atoms in total. The van der Waals surface area contributed by atoms with Crippen LogP contribution in [0.1, 0.15) is 38.8 Å². The van der Waals surface area contributed by atoms with Gasteiger partial charge >= 0.3 is 12.0 Å². The number of esters is 1. The maximum atomic E-state index is 13.4. The average molecular weight is 440 g/mol. The zero-order chi connectivity index (χ0) is 22.9. The number of aryl methyl sites for hydroxylation is 1. The van der Waals surface area contributed by atoms with Crippen molar-refractivity contribution in [2.45, 2.75) is 19.4 Å². The molecular weight excluding hydrogens is 414 g/mol. The monoisotopic (exact) mass is 439 g/mol. The van der Waals surface area contributed by atoms with Gasteiger partial charge in [0.05, 0.1) is 18.7 Å². The van der Waals surface area contributed by atoms with Crippen molar-refractivity contribution in [2.24, 2.45) is 0 Å². The van der Waals surface area contributed by atoms with Crippen LogP contribution in [0.3, 0.4) is 0 Å². The fourth-order valence-electron chi connectivity index (χ4n) is 4.56. The van der Waals surface area contributed by atoms with Gasteiger partial charge in [-0.25, -0.2) is 9.59 Å². The topological polar surface area (TPSA) is 74.4 Å². The maximum absolute atomic E-state index is 13.4. The number of para-hydroxylation sites is 1. The summed E-state index contributed by atoms with van der Waals surface area (Å²) in [7, 11) is 1.35. The number of anilines is 1. The fraction of sp³-hybridized carbons (Fsp3) is 0.185. The third-order valence-corrected chi connectivity index (χ3v) is 6.25. The van der Waals surface area contributed by atoms with Gasteiger partial charge in [0.25, 0.3) is 0 Å². The third kappa shape index (κ3) is 3.84. The fourth-order valence-corrected chi connectivity index (χ4v) is 4.56. The lowest BCUT2D eigenvalue weighted by Crippen LogP contribution is -2.43. The van der Waals surface area contributed by atoms with E-state index in [1.807, 2.05) is 11.0 Å². The second-order valence-electron chi connectivity index (χ2n) is 8.32. The number of carbonyl (C=O) groups excluding carboxylic acids is 2. The summed E-state index contributed by atoms with van der Waals surface area (Å²) in [5, 5.41) is 4.20. The molecule has 0 fully saturated rings. The number of ether oxygens (including phenoxy) is 1. The molecule has 6 heteroatoms. The van der Waals surface area contributed by atoms with Gasteiger partial charge in [-0.15, -0.1) is 0 Å². The number of nitrogens with one attached hydrogen (secondary N) is 2. The molecule has 0 unspecified atom stereocenters. The zero-order valence-electron chi connectivity index (χ0n) is 18.6. The first-order valence-electron chi connectivity index (χ1n) is 11.0. The Balaban J connectivity index is 1.49. The van der Waals surface area contributed by atoms with E-state index < -0.39 is 5.97 Å². The number of hydrogen-bond acceptors (Lipinski definition) is 3. The van der Waals surface area contributed by atoms with Gasteiger partial charge in [-0.05, 0) is 54.8 Å². The van der Waals surface area contributed by atoms with Crippen LogP contribution in [0.4, 0.5) is 10.5 Å². The van der Waals surface area contributed by atoms with Gasteiger partial charge in [0.15, 0.2) is 0 Å². The van der Waals surface area contributed by atoms with Gasteiger partial charge in [-0.2, -0.15) is 0 Å². The molecule has 0 radical (unpaired) electrons. The number of methoxy groups -OCH3 is 1. The number of fused-ring (bicyclic) bond motifs is 3. The Morgan fingerprint density at radius 1 is 1.00 bits per heavy atom. The molecule has 1 aliphatic heterocycles. The molecule has 5 rings (SSSR count). The summed E-state index contributed by atoms with van der Waals surface area (Å²) in [6.07, 6.45) is 0.774. The first-order valence-corrected chi connectivity index (χ1v) is 11.0. The maximum Gasteiger partial charge on any atom is 0.337 e. The van der Waals surface area contributed by atoms with Crippen LogP contribution in [0.2, 0.25) is 0 Å². The van der Waals surface area contributed by atoms with Crippen molar-refractivity contribution in [1.29, 1.82) is 0 Å². The van der Waals surface area contributed by atoms with Crippen molar-refractivity contribution >= 4 is 28.6 Å². The Hall–Kier alpha value is -4.06. The Kier molecular flexibility index (Phi) is 5.34. The van der Waals surface area contributed by atoms with E-state index in [2.05, 4.69) is 59.7 Å². The van der Waals surface area contributed by atoms with Gasteiger partial charge in [-0.1, -0.05) is 48.0 Å². The van der Waals surface area contributed by atoms with Crippen LogP contribution in [0.15, 0.2) is 72.8 Å². The number of hydrogen-bond donors (Lipinski definition) is 2. The average Bonchev–Trinajstić information content (AvgIpc) is 3.23. The highest BCUT2D eigenvalue weighted by Gasteiger charge is 2.34. The molecule has 1 atom stereocenters. The summed E-state index contributed by atoms with van der Waals surface area (Å²) < 4.78 is 4.74. The van der Waals surface area contributed by atoms with E-state index in [4.69, 9.17) is 4.74 Å². The van der Waals surface area contributed by atoms with E-state index >= 15 is 0 Å². The van der Waals surface area contributed by atoms with Gasteiger partial charge in [-0.3, -0.25) is 0 Å². The number of urea groups is 1. The van der Waals surface area contributed by atoms with Crippen LogP contribution >= 0.6 is 0 Å². The molecule has 2 N–H and O–H groups in total. The molecule has 4 aromatic rings. The second kappa shape index (κ2) is 8.47. The smallest absolute Gasteiger partial charge is 0.337 e. The minimum atomic E-state index is -0.408. The van der Waals surface area contributed by atoms with Crippen LogP contribution in [0.25, 0.3) is 10.9 Å². The lowest BCUT2D eigenvalue weighted by molar-refractivity contribution is 0.0600. The first kappa shape index (κ1) is 20.8. The number of nitrogens with zero attached hydrogens (tertiary/aromatic N) is 1. The van der Waals surface area contributed by atoms with E-state index in [-0.39, 0.29) is 12.1 Å². The predicted octanol–water partition coefficient (Wildman–Crippen LogP) is 5.44. The predicted molar refractivity (Wildman–Crippen MR) is 129 cm³/mol. The van der Waals surface area contributed by atoms with E-state index in [0.717, 1.165) is 23.2 Å². The molecule has 33 heavy (non-hydrogen) atoms.